The normalized spacial score (nSPS) is 10.1. The van der Waals surface area contributed by atoms with Crippen molar-refractivity contribution in [2.24, 2.45) is 0 Å². The van der Waals surface area contributed by atoms with Crippen LogP contribution >= 0.6 is 0 Å². The number of carbonyl (C=O) groups excluding carboxylic acids is 1. The summed E-state index contributed by atoms with van der Waals surface area (Å²) in [5.74, 6) is 0.0375. The van der Waals surface area contributed by atoms with Gasteiger partial charge in [0.1, 0.15) is 5.56 Å². The molecule has 0 bridgehead atoms. The summed E-state index contributed by atoms with van der Waals surface area (Å²) < 4.78 is 10.2. The van der Waals surface area contributed by atoms with Crippen LogP contribution in [0.4, 0.5) is 5.69 Å². The first-order valence-corrected chi connectivity index (χ1v) is 6.49. The number of ether oxygens (including phenoxy) is 2. The molecular formula is C16H15NO5. The molecule has 0 aliphatic rings. The van der Waals surface area contributed by atoms with Gasteiger partial charge in [-0.05, 0) is 13.0 Å². The highest BCUT2D eigenvalue weighted by Crippen LogP contribution is 2.35. The summed E-state index contributed by atoms with van der Waals surface area (Å²) in [7, 11) is 2.79. The van der Waals surface area contributed by atoms with E-state index in [1.807, 2.05) is 13.0 Å². The van der Waals surface area contributed by atoms with E-state index in [2.05, 4.69) is 0 Å². The van der Waals surface area contributed by atoms with E-state index in [1.165, 1.54) is 26.4 Å². The predicted octanol–water partition coefficient (Wildman–Crippen LogP) is 3.15. The Bertz CT molecular complexity index is 739. The van der Waals surface area contributed by atoms with Gasteiger partial charge in [0.2, 0.25) is 0 Å². The van der Waals surface area contributed by atoms with Crippen LogP contribution in [-0.4, -0.2) is 24.9 Å². The first kappa shape index (κ1) is 15.5. The monoisotopic (exact) mass is 301 g/mol. The lowest BCUT2D eigenvalue weighted by atomic mass is 9.99. The maximum Gasteiger partial charge on any atom is 0.284 e. The van der Waals surface area contributed by atoms with Gasteiger partial charge in [-0.3, -0.25) is 14.9 Å². The van der Waals surface area contributed by atoms with Crippen LogP contribution < -0.4 is 9.47 Å². The number of hydrogen-bond donors (Lipinski definition) is 0. The highest BCUT2D eigenvalue weighted by Gasteiger charge is 2.25. The van der Waals surface area contributed by atoms with Crippen LogP contribution in [0.1, 0.15) is 21.5 Å². The first-order chi connectivity index (χ1) is 10.5. The molecule has 114 valence electrons. The van der Waals surface area contributed by atoms with Crippen molar-refractivity contribution < 1.29 is 19.2 Å². The topological polar surface area (TPSA) is 78.7 Å². The van der Waals surface area contributed by atoms with E-state index >= 15 is 0 Å². The van der Waals surface area contributed by atoms with Gasteiger partial charge in [-0.25, -0.2) is 0 Å². The summed E-state index contributed by atoms with van der Waals surface area (Å²) in [6, 6.07) is 9.41. The number of nitro groups is 1. The molecule has 2 rings (SSSR count). The van der Waals surface area contributed by atoms with Gasteiger partial charge in [-0.1, -0.05) is 23.8 Å². The molecule has 22 heavy (non-hydrogen) atoms. The second kappa shape index (κ2) is 6.26. The molecule has 0 fully saturated rings. The summed E-state index contributed by atoms with van der Waals surface area (Å²) in [6.45, 7) is 1.85. The van der Waals surface area contributed by atoms with Crippen LogP contribution in [0.2, 0.25) is 0 Å². The number of aryl methyl sites for hydroxylation is 1. The number of carbonyl (C=O) groups is 1. The molecule has 0 spiro atoms. The molecular weight excluding hydrogens is 286 g/mol. The van der Waals surface area contributed by atoms with Crippen LogP contribution in [0.25, 0.3) is 0 Å². The molecule has 0 heterocycles. The molecule has 0 N–H and O–H groups in total. The highest BCUT2D eigenvalue weighted by molar-refractivity contribution is 6.12. The summed E-state index contributed by atoms with van der Waals surface area (Å²) in [5.41, 5.74) is 0.932. The standard InChI is InChI=1S/C16H15NO5/c1-10-5-4-6-11(7-10)16(18)12-8-14(21-2)15(22-3)9-13(12)17(19)20/h4-9H,1-3H3. The van der Waals surface area contributed by atoms with Crippen molar-refractivity contribution in [3.8, 4) is 11.5 Å². The van der Waals surface area contributed by atoms with Crippen LogP contribution in [0.5, 0.6) is 11.5 Å². The van der Waals surface area contributed by atoms with E-state index in [0.717, 1.165) is 5.56 Å². The lowest BCUT2D eigenvalue weighted by Crippen LogP contribution is -2.07. The molecule has 2 aromatic carbocycles. The Morgan fingerprint density at radius 3 is 2.27 bits per heavy atom. The molecule has 0 saturated heterocycles. The fourth-order valence-corrected chi connectivity index (χ4v) is 2.14. The van der Waals surface area contributed by atoms with Gasteiger partial charge in [0, 0.05) is 11.6 Å². The fraction of sp³-hybridized carbons (Fsp3) is 0.188. The summed E-state index contributed by atoms with van der Waals surface area (Å²) in [6.07, 6.45) is 0. The van der Waals surface area contributed by atoms with Crippen molar-refractivity contribution in [3.63, 3.8) is 0 Å². The number of ketones is 1. The smallest absolute Gasteiger partial charge is 0.284 e. The van der Waals surface area contributed by atoms with Gasteiger partial charge in [-0.15, -0.1) is 0 Å². The molecule has 0 unspecified atom stereocenters. The minimum absolute atomic E-state index is 0.0340. The van der Waals surface area contributed by atoms with Crippen molar-refractivity contribution in [2.75, 3.05) is 14.2 Å². The maximum absolute atomic E-state index is 12.6. The van der Waals surface area contributed by atoms with E-state index < -0.39 is 10.7 Å². The zero-order chi connectivity index (χ0) is 16.3. The lowest BCUT2D eigenvalue weighted by Gasteiger charge is -2.10. The minimum Gasteiger partial charge on any atom is -0.493 e. The molecule has 0 saturated carbocycles. The number of methoxy groups -OCH3 is 2. The van der Waals surface area contributed by atoms with Gasteiger partial charge in [0.25, 0.3) is 5.69 Å². The Morgan fingerprint density at radius 2 is 1.73 bits per heavy atom. The molecule has 0 atom stereocenters. The largest absolute Gasteiger partial charge is 0.493 e. The summed E-state index contributed by atoms with van der Waals surface area (Å²) >= 11 is 0. The van der Waals surface area contributed by atoms with Crippen LogP contribution in [-0.2, 0) is 0 Å². The van der Waals surface area contributed by atoms with Crippen molar-refractivity contribution in [3.05, 3.63) is 63.2 Å². The van der Waals surface area contributed by atoms with Gasteiger partial charge >= 0.3 is 0 Å². The van der Waals surface area contributed by atoms with Gasteiger partial charge in [-0.2, -0.15) is 0 Å². The Hall–Kier alpha value is -2.89. The zero-order valence-corrected chi connectivity index (χ0v) is 12.5. The second-order valence-corrected chi connectivity index (χ2v) is 4.68. The Labute approximate surface area is 127 Å². The maximum atomic E-state index is 12.6. The van der Waals surface area contributed by atoms with E-state index in [-0.39, 0.29) is 22.7 Å². The molecule has 0 radical (unpaired) electrons. The second-order valence-electron chi connectivity index (χ2n) is 4.68. The van der Waals surface area contributed by atoms with Crippen molar-refractivity contribution in [2.45, 2.75) is 6.92 Å². The van der Waals surface area contributed by atoms with Gasteiger partial charge in [0.05, 0.1) is 25.2 Å². The summed E-state index contributed by atoms with van der Waals surface area (Å²) in [4.78, 5) is 23.2. The third-order valence-corrected chi connectivity index (χ3v) is 3.22. The SMILES string of the molecule is COc1cc(C(=O)c2cccc(C)c2)c([N+](=O)[O-])cc1OC. The first-order valence-electron chi connectivity index (χ1n) is 6.49. The third-order valence-electron chi connectivity index (χ3n) is 3.22. The number of benzene rings is 2. The molecule has 0 aliphatic heterocycles. The third kappa shape index (κ3) is 2.90. The predicted molar refractivity (Wildman–Crippen MR) is 80.8 cm³/mol. The summed E-state index contributed by atoms with van der Waals surface area (Å²) in [5, 5.41) is 11.2. The number of rotatable bonds is 5. The fourth-order valence-electron chi connectivity index (χ4n) is 2.14. The Kier molecular flexibility index (Phi) is 4.41. The average Bonchev–Trinajstić information content (AvgIpc) is 2.52. The van der Waals surface area contributed by atoms with E-state index in [4.69, 9.17) is 9.47 Å². The molecule has 6 heteroatoms. The molecule has 0 aromatic heterocycles. The number of nitro benzene ring substituents is 1. The lowest BCUT2D eigenvalue weighted by molar-refractivity contribution is -0.385. The van der Waals surface area contributed by atoms with E-state index in [0.29, 0.717) is 5.56 Å². The Balaban J connectivity index is 2.62. The van der Waals surface area contributed by atoms with E-state index in [9.17, 15) is 14.9 Å². The van der Waals surface area contributed by atoms with Crippen molar-refractivity contribution in [1.82, 2.24) is 0 Å². The average molecular weight is 301 g/mol. The number of hydrogen-bond acceptors (Lipinski definition) is 5. The molecule has 6 nitrogen and oxygen atoms in total. The van der Waals surface area contributed by atoms with Crippen LogP contribution in [0, 0.1) is 17.0 Å². The molecule has 0 amide bonds. The quantitative estimate of drug-likeness (QED) is 0.481. The molecule has 0 aliphatic carbocycles. The van der Waals surface area contributed by atoms with E-state index in [1.54, 1.807) is 18.2 Å². The minimum atomic E-state index is -0.606. The zero-order valence-electron chi connectivity index (χ0n) is 12.5. The van der Waals surface area contributed by atoms with Gasteiger partial charge in [0.15, 0.2) is 17.3 Å². The van der Waals surface area contributed by atoms with Crippen molar-refractivity contribution >= 4 is 11.5 Å². The molecule has 2 aromatic rings. The Morgan fingerprint density at radius 1 is 1.09 bits per heavy atom. The van der Waals surface area contributed by atoms with Crippen LogP contribution in [0.15, 0.2) is 36.4 Å². The van der Waals surface area contributed by atoms with Crippen molar-refractivity contribution in [1.29, 1.82) is 0 Å². The van der Waals surface area contributed by atoms with Crippen LogP contribution in [0.3, 0.4) is 0 Å². The highest BCUT2D eigenvalue weighted by atomic mass is 16.6. The number of nitrogens with zero attached hydrogens (tertiary/aromatic N) is 1. The van der Waals surface area contributed by atoms with Gasteiger partial charge < -0.3 is 9.47 Å².